The first kappa shape index (κ1) is 19.8. The van der Waals surface area contributed by atoms with Gasteiger partial charge in [-0.25, -0.2) is 4.99 Å². The molecule has 0 bridgehead atoms. The Bertz CT molecular complexity index is 768. The number of hydrogen-bond donors (Lipinski definition) is 0. The molecule has 0 saturated heterocycles. The van der Waals surface area contributed by atoms with Crippen molar-refractivity contribution in [3.05, 3.63) is 58.7 Å². The van der Waals surface area contributed by atoms with E-state index in [0.717, 1.165) is 34.5 Å². The van der Waals surface area contributed by atoms with E-state index in [1.165, 1.54) is 12.1 Å². The Morgan fingerprint density at radius 3 is 2.31 bits per heavy atom. The van der Waals surface area contributed by atoms with Crippen LogP contribution in [0.25, 0.3) is 0 Å². The van der Waals surface area contributed by atoms with Crippen LogP contribution in [0.1, 0.15) is 29.2 Å². The van der Waals surface area contributed by atoms with Crippen LogP contribution in [0.2, 0.25) is 0 Å². The van der Waals surface area contributed by atoms with E-state index in [9.17, 15) is 13.2 Å². The average molecular weight is 364 g/mol. The van der Waals surface area contributed by atoms with E-state index in [0.29, 0.717) is 6.42 Å². The normalized spacial score (nSPS) is 11.8. The van der Waals surface area contributed by atoms with Gasteiger partial charge in [0.15, 0.2) is 0 Å². The fourth-order valence-electron chi connectivity index (χ4n) is 2.46. The predicted octanol–water partition coefficient (Wildman–Crippen LogP) is 5.40. The zero-order valence-electron chi connectivity index (χ0n) is 15.4. The molecule has 2 aromatic carbocycles. The lowest BCUT2D eigenvalue weighted by atomic mass is 9.97. The van der Waals surface area contributed by atoms with Crippen LogP contribution < -0.4 is 4.74 Å². The second-order valence-corrected chi connectivity index (χ2v) is 6.25. The Morgan fingerprint density at radius 2 is 1.73 bits per heavy atom. The fraction of sp³-hybridized carbons (Fsp3) is 0.350. The molecule has 0 unspecified atom stereocenters. The van der Waals surface area contributed by atoms with Gasteiger partial charge in [0, 0.05) is 13.6 Å². The molecule has 0 N–H and O–H groups in total. The smallest absolute Gasteiger partial charge is 0.406 e. The van der Waals surface area contributed by atoms with E-state index in [2.05, 4.69) is 22.7 Å². The minimum atomic E-state index is -4.67. The summed E-state index contributed by atoms with van der Waals surface area (Å²) in [5.74, 6) is -0.209. The molecule has 0 radical (unpaired) electrons. The quantitative estimate of drug-likeness (QED) is 0.506. The maximum Gasteiger partial charge on any atom is 0.573 e. The molecule has 140 valence electrons. The van der Waals surface area contributed by atoms with Crippen molar-refractivity contribution in [3.8, 4) is 5.75 Å². The van der Waals surface area contributed by atoms with Crippen molar-refractivity contribution < 1.29 is 17.9 Å². The van der Waals surface area contributed by atoms with Crippen LogP contribution in [0, 0.1) is 13.8 Å². The first-order valence-corrected chi connectivity index (χ1v) is 8.37. The molecule has 3 nitrogen and oxygen atoms in total. The van der Waals surface area contributed by atoms with Crippen molar-refractivity contribution in [2.24, 2.45) is 4.99 Å². The Labute approximate surface area is 152 Å². The largest absolute Gasteiger partial charge is 0.573 e. The van der Waals surface area contributed by atoms with Crippen molar-refractivity contribution in [1.82, 2.24) is 4.90 Å². The molecule has 0 fully saturated rings. The molecule has 0 atom stereocenters. The van der Waals surface area contributed by atoms with Crippen molar-refractivity contribution in [2.75, 3.05) is 13.6 Å². The lowest BCUT2D eigenvalue weighted by Crippen LogP contribution is -2.17. The van der Waals surface area contributed by atoms with Crippen LogP contribution in [0.4, 0.5) is 18.9 Å². The molecule has 0 saturated carbocycles. The number of ether oxygens (including phenoxy) is 1. The number of aryl methyl sites for hydroxylation is 2. The number of aliphatic imine (C=N–C) groups is 1. The van der Waals surface area contributed by atoms with E-state index in [1.807, 2.05) is 31.9 Å². The summed E-state index contributed by atoms with van der Waals surface area (Å²) in [6.07, 6.45) is -2.23. The van der Waals surface area contributed by atoms with Crippen molar-refractivity contribution in [1.29, 1.82) is 0 Å². The summed E-state index contributed by atoms with van der Waals surface area (Å²) in [6.45, 7) is 6.95. The average Bonchev–Trinajstić information content (AvgIpc) is 2.56. The molecule has 0 spiro atoms. The highest BCUT2D eigenvalue weighted by molar-refractivity contribution is 5.64. The molecule has 0 aliphatic heterocycles. The number of nitrogens with zero attached hydrogens (tertiary/aromatic N) is 2. The molecule has 2 rings (SSSR count). The van der Waals surface area contributed by atoms with Gasteiger partial charge in [0.05, 0.1) is 12.0 Å². The van der Waals surface area contributed by atoms with Crippen LogP contribution in [-0.2, 0) is 6.42 Å². The second-order valence-electron chi connectivity index (χ2n) is 6.25. The van der Waals surface area contributed by atoms with Crippen molar-refractivity contribution in [2.45, 2.75) is 33.6 Å². The van der Waals surface area contributed by atoms with E-state index < -0.39 is 6.36 Å². The third-order valence-electron chi connectivity index (χ3n) is 4.10. The summed E-state index contributed by atoms with van der Waals surface area (Å²) in [6, 6.07) is 10.1. The van der Waals surface area contributed by atoms with Crippen LogP contribution in [0.3, 0.4) is 0 Å². The first-order chi connectivity index (χ1) is 12.2. The van der Waals surface area contributed by atoms with Crippen LogP contribution in [0.15, 0.2) is 41.4 Å². The van der Waals surface area contributed by atoms with Gasteiger partial charge in [0.2, 0.25) is 0 Å². The second kappa shape index (κ2) is 8.25. The Balaban J connectivity index is 2.14. The van der Waals surface area contributed by atoms with Crippen LogP contribution in [0.5, 0.6) is 5.75 Å². The Morgan fingerprint density at radius 1 is 1.08 bits per heavy atom. The summed E-state index contributed by atoms with van der Waals surface area (Å²) < 4.78 is 40.6. The minimum absolute atomic E-state index is 0.209. The number of rotatable bonds is 6. The highest BCUT2D eigenvalue weighted by Crippen LogP contribution is 2.27. The zero-order valence-corrected chi connectivity index (χ0v) is 15.4. The summed E-state index contributed by atoms with van der Waals surface area (Å²) >= 11 is 0. The monoisotopic (exact) mass is 364 g/mol. The number of hydrogen-bond acceptors (Lipinski definition) is 2. The van der Waals surface area contributed by atoms with E-state index in [-0.39, 0.29) is 5.75 Å². The standard InChI is InChI=1S/C20H23F3N2O/c1-5-25(4)13-24-19-11-14(2)17(10-15(19)3)12-16-6-8-18(9-7-16)26-20(21,22)23/h6-11,13H,5,12H2,1-4H3. The van der Waals surface area contributed by atoms with Gasteiger partial charge in [-0.15, -0.1) is 13.2 Å². The van der Waals surface area contributed by atoms with Crippen LogP contribution >= 0.6 is 0 Å². The van der Waals surface area contributed by atoms with Gasteiger partial charge in [0.25, 0.3) is 0 Å². The maximum absolute atomic E-state index is 12.2. The van der Waals surface area contributed by atoms with Crippen molar-refractivity contribution >= 4 is 12.0 Å². The highest BCUT2D eigenvalue weighted by atomic mass is 19.4. The number of benzene rings is 2. The topological polar surface area (TPSA) is 24.8 Å². The predicted molar refractivity (Wildman–Crippen MR) is 98.3 cm³/mol. The molecule has 0 amide bonds. The molecule has 0 heterocycles. The molecular weight excluding hydrogens is 341 g/mol. The van der Waals surface area contributed by atoms with Gasteiger partial charge in [-0.3, -0.25) is 0 Å². The summed E-state index contributed by atoms with van der Waals surface area (Å²) in [5.41, 5.74) is 5.11. The molecule has 0 aromatic heterocycles. The zero-order chi connectivity index (χ0) is 19.3. The first-order valence-electron chi connectivity index (χ1n) is 8.37. The highest BCUT2D eigenvalue weighted by Gasteiger charge is 2.30. The van der Waals surface area contributed by atoms with Gasteiger partial charge in [-0.05, 0) is 67.6 Å². The minimum Gasteiger partial charge on any atom is -0.406 e. The number of halogens is 3. The number of alkyl halides is 3. The van der Waals surface area contributed by atoms with Crippen molar-refractivity contribution in [3.63, 3.8) is 0 Å². The molecule has 0 aliphatic carbocycles. The van der Waals surface area contributed by atoms with E-state index in [4.69, 9.17) is 0 Å². The van der Waals surface area contributed by atoms with Crippen LogP contribution in [-0.4, -0.2) is 31.2 Å². The lowest BCUT2D eigenvalue weighted by molar-refractivity contribution is -0.274. The lowest BCUT2D eigenvalue weighted by Gasteiger charge is -2.13. The maximum atomic E-state index is 12.2. The summed E-state index contributed by atoms with van der Waals surface area (Å²) in [4.78, 5) is 6.50. The third kappa shape index (κ3) is 5.79. The van der Waals surface area contributed by atoms with Gasteiger partial charge in [-0.1, -0.05) is 18.2 Å². The van der Waals surface area contributed by atoms with Gasteiger partial charge in [0.1, 0.15) is 5.75 Å². The summed E-state index contributed by atoms with van der Waals surface area (Å²) in [5, 5.41) is 0. The van der Waals surface area contributed by atoms with Gasteiger partial charge in [-0.2, -0.15) is 0 Å². The molecular formula is C20H23F3N2O. The third-order valence-corrected chi connectivity index (χ3v) is 4.10. The Hall–Kier alpha value is -2.50. The fourth-order valence-corrected chi connectivity index (χ4v) is 2.46. The molecule has 26 heavy (non-hydrogen) atoms. The molecule has 2 aromatic rings. The Kier molecular flexibility index (Phi) is 6.29. The molecule has 6 heteroatoms. The van der Waals surface area contributed by atoms with Gasteiger partial charge >= 0.3 is 6.36 Å². The molecule has 0 aliphatic rings. The van der Waals surface area contributed by atoms with E-state index >= 15 is 0 Å². The summed E-state index contributed by atoms with van der Waals surface area (Å²) in [7, 11) is 1.96. The van der Waals surface area contributed by atoms with E-state index in [1.54, 1.807) is 18.5 Å². The van der Waals surface area contributed by atoms with Gasteiger partial charge < -0.3 is 9.64 Å². The SMILES string of the molecule is CCN(C)C=Nc1cc(C)c(Cc2ccc(OC(F)(F)F)cc2)cc1C.